The number of aromatic nitrogens is 1. The van der Waals surface area contributed by atoms with E-state index in [1.807, 2.05) is 4.57 Å². The van der Waals surface area contributed by atoms with Crippen LogP contribution in [0.2, 0.25) is 0 Å². The van der Waals surface area contributed by atoms with Crippen LogP contribution in [0.1, 0.15) is 80.6 Å². The van der Waals surface area contributed by atoms with Gasteiger partial charge < -0.3 is 20.3 Å². The number of amides is 1. The van der Waals surface area contributed by atoms with Crippen molar-refractivity contribution in [2.45, 2.75) is 76.3 Å². The Balaban J connectivity index is 1.67. The summed E-state index contributed by atoms with van der Waals surface area (Å²) in [6.45, 7) is 0.157. The first kappa shape index (κ1) is 22.3. The van der Waals surface area contributed by atoms with Gasteiger partial charge in [-0.3, -0.25) is 14.4 Å². The van der Waals surface area contributed by atoms with Crippen LogP contribution in [-0.2, 0) is 4.79 Å². The molecule has 7 nitrogen and oxygen atoms in total. The minimum absolute atomic E-state index is 0.0351. The number of anilines is 1. The standard InChI is InChI=1S/C24H30FN3O4/c25-19-12-17-21(13-20(19)27-15-6-2-1-3-7-15)28(16-8-4-9-16)14-18(23(17)31)24(32)26-11-5-10-22(29)30/h12-16,27H,1-11H2,(H,26,32)(H,29,30). The van der Waals surface area contributed by atoms with Gasteiger partial charge >= 0.3 is 5.97 Å². The number of hydrogen-bond donors (Lipinski definition) is 3. The molecule has 0 radical (unpaired) electrons. The van der Waals surface area contributed by atoms with Crippen LogP contribution >= 0.6 is 0 Å². The molecule has 0 atom stereocenters. The number of hydrogen-bond acceptors (Lipinski definition) is 4. The second-order valence-electron chi connectivity index (χ2n) is 8.95. The fourth-order valence-corrected chi connectivity index (χ4v) is 4.61. The average molecular weight is 444 g/mol. The predicted molar refractivity (Wildman–Crippen MR) is 121 cm³/mol. The third-order valence-corrected chi connectivity index (χ3v) is 6.65. The number of halogens is 1. The molecule has 2 aromatic rings. The summed E-state index contributed by atoms with van der Waals surface area (Å²) < 4.78 is 16.9. The van der Waals surface area contributed by atoms with Gasteiger partial charge in [-0.25, -0.2) is 4.39 Å². The number of nitrogens with one attached hydrogen (secondary N) is 2. The number of benzene rings is 1. The van der Waals surface area contributed by atoms with Gasteiger partial charge in [0.1, 0.15) is 11.4 Å². The molecule has 8 heteroatoms. The van der Waals surface area contributed by atoms with E-state index in [0.29, 0.717) is 11.2 Å². The molecule has 2 fully saturated rings. The van der Waals surface area contributed by atoms with Crippen LogP contribution < -0.4 is 16.1 Å². The lowest BCUT2D eigenvalue weighted by molar-refractivity contribution is -0.137. The summed E-state index contributed by atoms with van der Waals surface area (Å²) in [5, 5.41) is 14.9. The number of fused-ring (bicyclic) bond motifs is 1. The number of aliphatic carboxylic acids is 1. The van der Waals surface area contributed by atoms with E-state index in [4.69, 9.17) is 5.11 Å². The minimum Gasteiger partial charge on any atom is -0.481 e. The predicted octanol–water partition coefficient (Wildman–Crippen LogP) is 4.20. The highest BCUT2D eigenvalue weighted by molar-refractivity contribution is 5.97. The van der Waals surface area contributed by atoms with Crippen molar-refractivity contribution in [3.8, 4) is 0 Å². The molecule has 0 spiro atoms. The van der Waals surface area contributed by atoms with Crippen LogP contribution in [0.3, 0.4) is 0 Å². The molecule has 1 amide bonds. The van der Waals surface area contributed by atoms with E-state index >= 15 is 0 Å². The zero-order chi connectivity index (χ0) is 22.7. The Morgan fingerprint density at radius 2 is 1.84 bits per heavy atom. The molecule has 1 aromatic carbocycles. The van der Waals surface area contributed by atoms with E-state index < -0.39 is 23.1 Å². The molecule has 3 N–H and O–H groups in total. The van der Waals surface area contributed by atoms with Crippen molar-refractivity contribution in [2.75, 3.05) is 11.9 Å². The van der Waals surface area contributed by atoms with Crippen molar-refractivity contribution in [2.24, 2.45) is 0 Å². The van der Waals surface area contributed by atoms with E-state index in [9.17, 15) is 18.8 Å². The maximum atomic E-state index is 15.0. The third kappa shape index (κ3) is 4.79. The Bertz CT molecular complexity index is 1070. The number of carboxylic acids is 1. The SMILES string of the molecule is O=C(O)CCCNC(=O)c1cn(C2CCC2)c2cc(NC3CCCCC3)c(F)cc2c1=O. The molecule has 1 heterocycles. The van der Waals surface area contributed by atoms with Gasteiger partial charge in [0.05, 0.1) is 11.2 Å². The summed E-state index contributed by atoms with van der Waals surface area (Å²) in [5.41, 5.74) is 0.506. The fourth-order valence-electron chi connectivity index (χ4n) is 4.61. The summed E-state index contributed by atoms with van der Waals surface area (Å²) in [7, 11) is 0. The minimum atomic E-state index is -0.939. The van der Waals surface area contributed by atoms with Gasteiger partial charge in [-0.2, -0.15) is 0 Å². The lowest BCUT2D eigenvalue weighted by Crippen LogP contribution is -2.32. The molecule has 0 saturated heterocycles. The van der Waals surface area contributed by atoms with Crippen LogP contribution in [0.5, 0.6) is 0 Å². The fraction of sp³-hybridized carbons (Fsp3) is 0.542. The normalized spacial score (nSPS) is 17.2. The van der Waals surface area contributed by atoms with Gasteiger partial charge in [0, 0.05) is 36.6 Å². The van der Waals surface area contributed by atoms with Gasteiger partial charge in [0.2, 0.25) is 5.43 Å². The maximum absolute atomic E-state index is 15.0. The largest absolute Gasteiger partial charge is 0.481 e. The smallest absolute Gasteiger partial charge is 0.303 e. The van der Waals surface area contributed by atoms with Crippen molar-refractivity contribution in [1.29, 1.82) is 0 Å². The highest BCUT2D eigenvalue weighted by Gasteiger charge is 2.25. The summed E-state index contributed by atoms with van der Waals surface area (Å²) in [4.78, 5) is 36.4. The Morgan fingerprint density at radius 3 is 2.50 bits per heavy atom. The summed E-state index contributed by atoms with van der Waals surface area (Å²) in [5.74, 6) is -1.98. The topological polar surface area (TPSA) is 100 Å². The van der Waals surface area contributed by atoms with Crippen LogP contribution in [0.15, 0.2) is 23.1 Å². The zero-order valence-corrected chi connectivity index (χ0v) is 18.2. The van der Waals surface area contributed by atoms with Gasteiger partial charge in [-0.05, 0) is 50.7 Å². The van der Waals surface area contributed by atoms with E-state index in [-0.39, 0.29) is 42.4 Å². The van der Waals surface area contributed by atoms with Crippen molar-refractivity contribution in [3.63, 3.8) is 0 Å². The van der Waals surface area contributed by atoms with Gasteiger partial charge in [-0.15, -0.1) is 0 Å². The molecule has 2 saturated carbocycles. The van der Waals surface area contributed by atoms with Crippen molar-refractivity contribution >= 4 is 28.5 Å². The highest BCUT2D eigenvalue weighted by Crippen LogP contribution is 2.35. The molecule has 32 heavy (non-hydrogen) atoms. The number of nitrogens with zero attached hydrogens (tertiary/aromatic N) is 1. The first-order chi connectivity index (χ1) is 15.4. The van der Waals surface area contributed by atoms with Gasteiger partial charge in [0.25, 0.3) is 5.91 Å². The second kappa shape index (κ2) is 9.71. The molecular formula is C24H30FN3O4. The molecule has 2 aliphatic rings. The van der Waals surface area contributed by atoms with E-state index in [2.05, 4.69) is 10.6 Å². The summed E-state index contributed by atoms with van der Waals surface area (Å²) in [6.07, 6.45) is 10.2. The molecule has 1 aromatic heterocycles. The van der Waals surface area contributed by atoms with Crippen molar-refractivity contribution in [3.05, 3.63) is 39.9 Å². The zero-order valence-electron chi connectivity index (χ0n) is 18.2. The average Bonchev–Trinajstić information content (AvgIpc) is 2.73. The number of carbonyl (C=O) groups is 2. The maximum Gasteiger partial charge on any atom is 0.303 e. The lowest BCUT2D eigenvalue weighted by atomic mass is 9.91. The van der Waals surface area contributed by atoms with Crippen molar-refractivity contribution < 1.29 is 19.1 Å². The number of pyridine rings is 1. The molecule has 0 bridgehead atoms. The summed E-state index contributed by atoms with van der Waals surface area (Å²) >= 11 is 0. The van der Waals surface area contributed by atoms with Gasteiger partial charge in [-0.1, -0.05) is 19.3 Å². The Morgan fingerprint density at radius 1 is 1.09 bits per heavy atom. The molecule has 172 valence electrons. The molecular weight excluding hydrogens is 413 g/mol. The number of rotatable bonds is 8. The number of carbonyl (C=O) groups excluding carboxylic acids is 1. The van der Waals surface area contributed by atoms with Crippen LogP contribution in [0, 0.1) is 5.82 Å². The molecule has 2 aliphatic carbocycles. The second-order valence-corrected chi connectivity index (χ2v) is 8.95. The third-order valence-electron chi connectivity index (χ3n) is 6.65. The first-order valence-corrected chi connectivity index (χ1v) is 11.6. The molecule has 0 aliphatic heterocycles. The molecule has 0 unspecified atom stereocenters. The Hall–Kier alpha value is -2.90. The Labute approximate surface area is 186 Å². The van der Waals surface area contributed by atoms with E-state index in [1.54, 1.807) is 12.3 Å². The van der Waals surface area contributed by atoms with E-state index in [0.717, 1.165) is 44.9 Å². The first-order valence-electron chi connectivity index (χ1n) is 11.6. The quantitative estimate of drug-likeness (QED) is 0.531. The monoisotopic (exact) mass is 443 g/mol. The van der Waals surface area contributed by atoms with Crippen LogP contribution in [-0.4, -0.2) is 34.1 Å². The lowest BCUT2D eigenvalue weighted by Gasteiger charge is -2.31. The van der Waals surface area contributed by atoms with E-state index in [1.165, 1.54) is 12.5 Å². The number of carboxylic acid groups (broad SMARTS) is 1. The Kier molecular flexibility index (Phi) is 6.77. The highest BCUT2D eigenvalue weighted by atomic mass is 19.1. The van der Waals surface area contributed by atoms with Crippen LogP contribution in [0.4, 0.5) is 10.1 Å². The van der Waals surface area contributed by atoms with Gasteiger partial charge in [0.15, 0.2) is 0 Å². The molecule has 4 rings (SSSR count). The van der Waals surface area contributed by atoms with Crippen LogP contribution in [0.25, 0.3) is 10.9 Å². The summed E-state index contributed by atoms with van der Waals surface area (Å²) in [6, 6.07) is 3.37. The van der Waals surface area contributed by atoms with Crippen molar-refractivity contribution in [1.82, 2.24) is 9.88 Å².